The van der Waals surface area contributed by atoms with Gasteiger partial charge in [0.05, 0.1) is 36.6 Å². The first kappa shape index (κ1) is 30.8. The van der Waals surface area contributed by atoms with E-state index in [1.165, 1.54) is 48.0 Å². The van der Waals surface area contributed by atoms with Crippen molar-refractivity contribution in [1.29, 1.82) is 0 Å². The number of ether oxygens (including phenoxy) is 3. The molecule has 0 unspecified atom stereocenters. The van der Waals surface area contributed by atoms with Crippen LogP contribution in [0, 0.1) is 0 Å². The Bertz CT molecular complexity index is 1660. The molecule has 0 spiro atoms. The van der Waals surface area contributed by atoms with Gasteiger partial charge in [0.15, 0.2) is 11.5 Å². The fourth-order valence-electron chi connectivity index (χ4n) is 4.75. The number of rotatable bonds is 10. The first-order valence-corrected chi connectivity index (χ1v) is 13.5. The third-order valence-corrected chi connectivity index (χ3v) is 7.00. The summed E-state index contributed by atoms with van der Waals surface area (Å²) in [6, 6.07) is 11.6. The maximum Gasteiger partial charge on any atom is 0.411 e. The van der Waals surface area contributed by atoms with Gasteiger partial charge in [0, 0.05) is 32.9 Å². The molecule has 226 valence electrons. The van der Waals surface area contributed by atoms with E-state index in [9.17, 15) is 24.3 Å². The molecule has 0 saturated carbocycles. The van der Waals surface area contributed by atoms with Crippen molar-refractivity contribution in [2.45, 2.75) is 19.1 Å². The minimum Gasteiger partial charge on any atom is -0.493 e. The quantitative estimate of drug-likeness (QED) is 0.344. The number of aromatic nitrogens is 2. The van der Waals surface area contributed by atoms with Crippen LogP contribution < -0.4 is 26.0 Å². The summed E-state index contributed by atoms with van der Waals surface area (Å²) in [7, 11) is 4.37. The van der Waals surface area contributed by atoms with Gasteiger partial charge in [-0.2, -0.15) is 0 Å². The molecule has 2 N–H and O–H groups in total. The van der Waals surface area contributed by atoms with Crippen LogP contribution in [0.1, 0.15) is 27.9 Å². The minimum absolute atomic E-state index is 0.0422. The molecule has 43 heavy (non-hydrogen) atoms. The fraction of sp³-hybridized carbons (Fsp3) is 0.290. The van der Waals surface area contributed by atoms with Crippen LogP contribution in [-0.4, -0.2) is 64.1 Å². The number of anilines is 1. The normalized spacial score (nSPS) is 14.5. The number of benzene rings is 2. The third-order valence-electron chi connectivity index (χ3n) is 7.00. The summed E-state index contributed by atoms with van der Waals surface area (Å²) in [4.78, 5) is 52.9. The second-order valence-electron chi connectivity index (χ2n) is 9.83. The SMILES string of the molecule is C=CCOC(=O)Nc1cc(OCc2ccccc2)c(OC)cc1C(=O)N1CCC(c2cn(C)c(=O)n(C)c2=O)=C[C@H]1CO. The molecule has 1 aliphatic heterocycles. The van der Waals surface area contributed by atoms with Gasteiger partial charge in [-0.05, 0) is 23.6 Å². The van der Waals surface area contributed by atoms with E-state index >= 15 is 0 Å². The fourth-order valence-corrected chi connectivity index (χ4v) is 4.75. The topological polar surface area (TPSA) is 141 Å². The minimum atomic E-state index is -0.807. The van der Waals surface area contributed by atoms with E-state index in [0.717, 1.165) is 10.1 Å². The predicted molar refractivity (Wildman–Crippen MR) is 160 cm³/mol. The highest BCUT2D eigenvalue weighted by atomic mass is 16.5. The number of hydrogen-bond acceptors (Lipinski definition) is 8. The van der Waals surface area contributed by atoms with E-state index in [1.807, 2.05) is 30.3 Å². The maximum absolute atomic E-state index is 14.0. The average Bonchev–Trinajstić information content (AvgIpc) is 3.03. The van der Waals surface area contributed by atoms with Crippen molar-refractivity contribution in [3.05, 3.63) is 105 Å². The highest BCUT2D eigenvalue weighted by Gasteiger charge is 2.31. The lowest BCUT2D eigenvalue weighted by molar-refractivity contribution is 0.0648. The lowest BCUT2D eigenvalue weighted by atomic mass is 9.96. The molecule has 12 heteroatoms. The second kappa shape index (κ2) is 13.7. The number of methoxy groups -OCH3 is 1. The molecule has 2 amide bonds. The molecule has 3 aromatic rings. The van der Waals surface area contributed by atoms with Gasteiger partial charge in [-0.1, -0.05) is 49.1 Å². The first-order valence-electron chi connectivity index (χ1n) is 13.5. The lowest BCUT2D eigenvalue weighted by Gasteiger charge is -2.34. The lowest BCUT2D eigenvalue weighted by Crippen LogP contribution is -2.45. The van der Waals surface area contributed by atoms with E-state index in [-0.39, 0.29) is 48.9 Å². The Hall–Kier alpha value is -5.10. The summed E-state index contributed by atoms with van der Waals surface area (Å²) in [5, 5.41) is 12.9. The standard InChI is InChI=1S/C31H34N4O8/c1-5-13-42-30(39)32-25-16-27(43-19-20-9-7-6-8-10-20)26(41-4)15-23(25)29(38)35-12-11-21(14-22(35)18-36)24-17-33(2)31(40)34(3)28(24)37/h5-10,14-17,22,36H,1,11-13,18-19H2,2-4H3,(H,32,39)/t22-/m0/s1. The average molecular weight is 591 g/mol. The zero-order chi connectivity index (χ0) is 31.1. The van der Waals surface area contributed by atoms with Crippen molar-refractivity contribution in [3.63, 3.8) is 0 Å². The van der Waals surface area contributed by atoms with Crippen LogP contribution >= 0.6 is 0 Å². The zero-order valence-corrected chi connectivity index (χ0v) is 24.2. The number of carbonyl (C=O) groups excluding carboxylic acids is 2. The van der Waals surface area contributed by atoms with Crippen molar-refractivity contribution in [2.75, 3.05) is 32.2 Å². The molecule has 2 aromatic carbocycles. The smallest absolute Gasteiger partial charge is 0.411 e. The van der Waals surface area contributed by atoms with Crippen molar-refractivity contribution in [1.82, 2.24) is 14.0 Å². The summed E-state index contributed by atoms with van der Waals surface area (Å²) in [6.45, 7) is 3.42. The molecule has 0 saturated heterocycles. The summed E-state index contributed by atoms with van der Waals surface area (Å²) >= 11 is 0. The second-order valence-corrected chi connectivity index (χ2v) is 9.83. The van der Waals surface area contributed by atoms with Gasteiger partial charge >= 0.3 is 11.8 Å². The van der Waals surface area contributed by atoms with E-state index < -0.39 is 35.9 Å². The number of hydrogen-bond donors (Lipinski definition) is 2. The van der Waals surface area contributed by atoms with E-state index in [2.05, 4.69) is 11.9 Å². The predicted octanol–water partition coefficient (Wildman–Crippen LogP) is 2.70. The number of amides is 2. The Morgan fingerprint density at radius 2 is 1.88 bits per heavy atom. The van der Waals surface area contributed by atoms with Crippen LogP contribution in [0.15, 0.2) is 77.0 Å². The Morgan fingerprint density at radius 1 is 1.14 bits per heavy atom. The van der Waals surface area contributed by atoms with Gasteiger partial charge < -0.3 is 28.8 Å². The monoisotopic (exact) mass is 590 g/mol. The van der Waals surface area contributed by atoms with E-state index in [1.54, 1.807) is 13.1 Å². The molecule has 1 aromatic heterocycles. The Kier molecular flexibility index (Phi) is 9.83. The number of aliphatic hydroxyl groups excluding tert-OH is 1. The molecule has 0 aliphatic carbocycles. The Balaban J connectivity index is 1.70. The zero-order valence-electron chi connectivity index (χ0n) is 24.2. The highest BCUT2D eigenvalue weighted by molar-refractivity contribution is 6.04. The van der Waals surface area contributed by atoms with Crippen molar-refractivity contribution >= 4 is 23.3 Å². The first-order chi connectivity index (χ1) is 20.7. The molecule has 2 heterocycles. The highest BCUT2D eigenvalue weighted by Crippen LogP contribution is 2.36. The van der Waals surface area contributed by atoms with Crippen LogP contribution in [0.5, 0.6) is 11.5 Å². The van der Waals surface area contributed by atoms with Crippen molar-refractivity contribution < 1.29 is 28.9 Å². The van der Waals surface area contributed by atoms with Crippen LogP contribution in [0.25, 0.3) is 5.57 Å². The van der Waals surface area contributed by atoms with Gasteiger partial charge in [0.1, 0.15) is 13.2 Å². The molecular weight excluding hydrogens is 556 g/mol. The number of nitrogens with one attached hydrogen (secondary N) is 1. The number of aryl methyl sites for hydroxylation is 1. The summed E-state index contributed by atoms with van der Waals surface area (Å²) in [6.07, 6.45) is 3.99. The van der Waals surface area contributed by atoms with Crippen LogP contribution in [0.4, 0.5) is 10.5 Å². The Morgan fingerprint density at radius 3 is 2.56 bits per heavy atom. The van der Waals surface area contributed by atoms with Crippen molar-refractivity contribution in [3.8, 4) is 11.5 Å². The van der Waals surface area contributed by atoms with Gasteiger partial charge in [-0.3, -0.25) is 19.5 Å². The van der Waals surface area contributed by atoms with Gasteiger partial charge in [0.2, 0.25) is 0 Å². The van der Waals surface area contributed by atoms with Crippen LogP contribution in [0.2, 0.25) is 0 Å². The van der Waals surface area contributed by atoms with E-state index in [0.29, 0.717) is 11.1 Å². The largest absolute Gasteiger partial charge is 0.493 e. The van der Waals surface area contributed by atoms with Gasteiger partial charge in [-0.25, -0.2) is 9.59 Å². The van der Waals surface area contributed by atoms with E-state index in [4.69, 9.17) is 14.2 Å². The van der Waals surface area contributed by atoms with Gasteiger partial charge in [-0.15, -0.1) is 0 Å². The molecular formula is C31H34N4O8. The summed E-state index contributed by atoms with van der Waals surface area (Å²) < 4.78 is 18.9. The molecule has 0 fully saturated rings. The Labute approximate surface area is 248 Å². The molecule has 4 rings (SSSR count). The van der Waals surface area contributed by atoms with Crippen LogP contribution in [0.3, 0.4) is 0 Å². The maximum atomic E-state index is 14.0. The van der Waals surface area contributed by atoms with Gasteiger partial charge in [0.25, 0.3) is 11.5 Å². The third kappa shape index (κ3) is 6.87. The molecule has 12 nitrogen and oxygen atoms in total. The molecule has 0 bridgehead atoms. The number of aliphatic hydroxyl groups is 1. The van der Waals surface area contributed by atoms with Crippen LogP contribution in [-0.2, 0) is 25.4 Å². The molecule has 1 atom stereocenters. The summed E-state index contributed by atoms with van der Waals surface area (Å²) in [5.41, 5.74) is 1.08. The molecule has 1 aliphatic rings. The molecule has 0 radical (unpaired) electrons. The summed E-state index contributed by atoms with van der Waals surface area (Å²) in [5.74, 6) is 0.0356. The number of nitrogens with zero attached hydrogens (tertiary/aromatic N) is 3. The number of carbonyl (C=O) groups is 2. The van der Waals surface area contributed by atoms with Crippen molar-refractivity contribution in [2.24, 2.45) is 14.1 Å².